The second kappa shape index (κ2) is 6.53. The second-order valence-electron chi connectivity index (χ2n) is 7.12. The molecule has 3 heterocycles. The van der Waals surface area contributed by atoms with Crippen molar-refractivity contribution in [1.82, 2.24) is 14.9 Å². The molecule has 140 valence electrons. The van der Waals surface area contributed by atoms with Gasteiger partial charge in [-0.25, -0.2) is 9.78 Å². The van der Waals surface area contributed by atoms with E-state index in [0.29, 0.717) is 36.6 Å². The summed E-state index contributed by atoms with van der Waals surface area (Å²) in [6.07, 6.45) is 2.49. The molecule has 0 saturated carbocycles. The van der Waals surface area contributed by atoms with Crippen LogP contribution in [0.25, 0.3) is 0 Å². The minimum atomic E-state index is -0.658. The Labute approximate surface area is 157 Å². The van der Waals surface area contributed by atoms with Gasteiger partial charge < -0.3 is 14.5 Å². The largest absolute Gasteiger partial charge is 0.484 e. The number of nitrogens with zero attached hydrogens (tertiary/aromatic N) is 4. The summed E-state index contributed by atoms with van der Waals surface area (Å²) < 4.78 is 6.15. The predicted molar refractivity (Wildman–Crippen MR) is 100 cm³/mol. The standard InChI is InChI=1S/C19H21N5O3/c1-23(2)16-7-9-20-17(21-16)22-18(26)24-10-8-19(12-24)11-14(25)13-5-3-4-6-15(13)27-19/h3-7,9H,8,10-12H2,1-2H3,(H,20,21,22,26). The summed E-state index contributed by atoms with van der Waals surface area (Å²) in [7, 11) is 3.74. The number of para-hydroxylation sites is 1. The van der Waals surface area contributed by atoms with Crippen molar-refractivity contribution < 1.29 is 14.3 Å². The molecule has 4 rings (SSSR count). The molecule has 2 aliphatic rings. The van der Waals surface area contributed by atoms with Gasteiger partial charge in [-0.3, -0.25) is 10.1 Å². The van der Waals surface area contributed by atoms with Crippen LogP contribution >= 0.6 is 0 Å². The fourth-order valence-electron chi connectivity index (χ4n) is 3.52. The highest BCUT2D eigenvalue weighted by molar-refractivity contribution is 6.00. The van der Waals surface area contributed by atoms with Crippen molar-refractivity contribution in [3.8, 4) is 5.75 Å². The van der Waals surface area contributed by atoms with E-state index < -0.39 is 5.60 Å². The number of Topliss-reactive ketones (excluding diaryl/α,β-unsaturated/α-hetero) is 1. The first-order chi connectivity index (χ1) is 13.0. The number of carbonyl (C=O) groups excluding carboxylic acids is 2. The normalized spacial score (nSPS) is 21.0. The number of aromatic nitrogens is 2. The molecule has 8 heteroatoms. The van der Waals surface area contributed by atoms with Gasteiger partial charge in [0.15, 0.2) is 5.78 Å². The molecular weight excluding hydrogens is 346 g/mol. The van der Waals surface area contributed by atoms with Crippen LogP contribution in [0.15, 0.2) is 36.5 Å². The zero-order chi connectivity index (χ0) is 19.0. The van der Waals surface area contributed by atoms with Gasteiger partial charge in [0.05, 0.1) is 18.5 Å². The first-order valence-corrected chi connectivity index (χ1v) is 8.83. The average Bonchev–Trinajstić information content (AvgIpc) is 3.05. The van der Waals surface area contributed by atoms with Crippen molar-refractivity contribution in [1.29, 1.82) is 0 Å². The van der Waals surface area contributed by atoms with Crippen LogP contribution in [0, 0.1) is 0 Å². The van der Waals surface area contributed by atoms with Gasteiger partial charge in [0.25, 0.3) is 0 Å². The number of ketones is 1. The molecule has 1 N–H and O–H groups in total. The third-order valence-corrected chi connectivity index (χ3v) is 4.92. The Bertz CT molecular complexity index is 900. The SMILES string of the molecule is CN(C)c1ccnc(NC(=O)N2CCC3(CC(=O)c4ccccc4O3)C2)n1. The molecule has 1 spiro atoms. The highest BCUT2D eigenvalue weighted by Gasteiger charge is 2.47. The van der Waals surface area contributed by atoms with E-state index in [1.54, 1.807) is 29.3 Å². The number of amides is 2. The van der Waals surface area contributed by atoms with E-state index in [-0.39, 0.29) is 24.2 Å². The molecule has 2 amide bonds. The summed E-state index contributed by atoms with van der Waals surface area (Å²) in [5.74, 6) is 1.60. The van der Waals surface area contributed by atoms with Crippen LogP contribution in [0.1, 0.15) is 23.2 Å². The number of hydrogen-bond acceptors (Lipinski definition) is 6. The highest BCUT2D eigenvalue weighted by atomic mass is 16.5. The Kier molecular flexibility index (Phi) is 4.18. The molecule has 1 unspecified atom stereocenters. The summed E-state index contributed by atoms with van der Waals surface area (Å²) in [5, 5.41) is 2.73. The van der Waals surface area contributed by atoms with Crippen molar-refractivity contribution in [3.05, 3.63) is 42.1 Å². The molecule has 8 nitrogen and oxygen atoms in total. The summed E-state index contributed by atoms with van der Waals surface area (Å²) in [6, 6.07) is 8.72. The van der Waals surface area contributed by atoms with Crippen molar-refractivity contribution >= 4 is 23.6 Å². The number of rotatable bonds is 2. The van der Waals surface area contributed by atoms with Crippen molar-refractivity contribution in [2.24, 2.45) is 0 Å². The van der Waals surface area contributed by atoms with Gasteiger partial charge in [0, 0.05) is 33.3 Å². The monoisotopic (exact) mass is 367 g/mol. The van der Waals surface area contributed by atoms with Gasteiger partial charge in [0.2, 0.25) is 5.95 Å². The number of benzene rings is 1. The third-order valence-electron chi connectivity index (χ3n) is 4.92. The summed E-state index contributed by atoms with van der Waals surface area (Å²) >= 11 is 0. The van der Waals surface area contributed by atoms with E-state index in [0.717, 1.165) is 0 Å². The lowest BCUT2D eigenvalue weighted by atomic mass is 9.89. The topological polar surface area (TPSA) is 87.7 Å². The molecular formula is C19H21N5O3. The zero-order valence-corrected chi connectivity index (χ0v) is 15.3. The van der Waals surface area contributed by atoms with Crippen LogP contribution in [-0.2, 0) is 0 Å². The fourth-order valence-corrected chi connectivity index (χ4v) is 3.52. The van der Waals surface area contributed by atoms with Crippen LogP contribution in [0.2, 0.25) is 0 Å². The number of anilines is 2. The minimum absolute atomic E-state index is 0.0566. The first-order valence-electron chi connectivity index (χ1n) is 8.83. The number of nitrogens with one attached hydrogen (secondary N) is 1. The summed E-state index contributed by atoms with van der Waals surface area (Å²) in [5.41, 5.74) is -0.0466. The molecule has 1 atom stereocenters. The maximum absolute atomic E-state index is 12.6. The quantitative estimate of drug-likeness (QED) is 0.875. The molecule has 27 heavy (non-hydrogen) atoms. The molecule has 2 aliphatic heterocycles. The van der Waals surface area contributed by atoms with Gasteiger partial charge in [0.1, 0.15) is 17.2 Å². The van der Waals surface area contributed by atoms with Crippen LogP contribution in [0.4, 0.5) is 16.6 Å². The lowest BCUT2D eigenvalue weighted by Crippen LogP contribution is -2.46. The highest BCUT2D eigenvalue weighted by Crippen LogP contribution is 2.38. The van der Waals surface area contributed by atoms with Gasteiger partial charge in [-0.15, -0.1) is 0 Å². The Balaban J connectivity index is 1.46. The van der Waals surface area contributed by atoms with Crippen molar-refractivity contribution in [2.75, 3.05) is 37.4 Å². The fraction of sp³-hybridized carbons (Fsp3) is 0.368. The summed E-state index contributed by atoms with van der Waals surface area (Å²) in [4.78, 5) is 37.0. The molecule has 0 bridgehead atoms. The Hall–Kier alpha value is -3.16. The third kappa shape index (κ3) is 3.30. The predicted octanol–water partition coefficient (Wildman–Crippen LogP) is 2.18. The molecule has 1 fully saturated rings. The number of fused-ring (bicyclic) bond motifs is 1. The molecule has 0 radical (unpaired) electrons. The van der Waals surface area contributed by atoms with E-state index in [2.05, 4.69) is 15.3 Å². The number of likely N-dealkylation sites (tertiary alicyclic amines) is 1. The van der Waals surface area contributed by atoms with E-state index >= 15 is 0 Å². The van der Waals surface area contributed by atoms with E-state index in [9.17, 15) is 9.59 Å². The van der Waals surface area contributed by atoms with Gasteiger partial charge in [-0.2, -0.15) is 4.98 Å². The van der Waals surface area contributed by atoms with Crippen molar-refractivity contribution in [2.45, 2.75) is 18.4 Å². The number of hydrogen-bond donors (Lipinski definition) is 1. The lowest BCUT2D eigenvalue weighted by Gasteiger charge is -2.34. The van der Waals surface area contributed by atoms with Gasteiger partial charge in [-0.1, -0.05) is 12.1 Å². The first kappa shape index (κ1) is 17.3. The second-order valence-corrected chi connectivity index (χ2v) is 7.12. The zero-order valence-electron chi connectivity index (χ0n) is 15.3. The van der Waals surface area contributed by atoms with Gasteiger partial charge >= 0.3 is 6.03 Å². The van der Waals surface area contributed by atoms with E-state index in [1.807, 2.05) is 31.1 Å². The van der Waals surface area contributed by atoms with Crippen LogP contribution < -0.4 is 15.0 Å². The Morgan fingerprint density at radius 2 is 2.11 bits per heavy atom. The van der Waals surface area contributed by atoms with Gasteiger partial charge in [-0.05, 0) is 18.2 Å². The molecule has 2 aromatic rings. The lowest BCUT2D eigenvalue weighted by molar-refractivity contribution is 0.0482. The number of urea groups is 1. The summed E-state index contributed by atoms with van der Waals surface area (Å²) in [6.45, 7) is 0.862. The molecule has 1 aromatic heterocycles. The minimum Gasteiger partial charge on any atom is -0.484 e. The molecule has 0 aliphatic carbocycles. The van der Waals surface area contributed by atoms with Crippen LogP contribution in [0.5, 0.6) is 5.75 Å². The number of ether oxygens (including phenoxy) is 1. The molecule has 1 saturated heterocycles. The number of carbonyl (C=O) groups is 2. The van der Waals surface area contributed by atoms with E-state index in [1.165, 1.54) is 0 Å². The van der Waals surface area contributed by atoms with Crippen LogP contribution in [0.3, 0.4) is 0 Å². The Morgan fingerprint density at radius 3 is 2.93 bits per heavy atom. The van der Waals surface area contributed by atoms with Crippen LogP contribution in [-0.4, -0.2) is 59.5 Å². The van der Waals surface area contributed by atoms with E-state index in [4.69, 9.17) is 4.74 Å². The molecule has 1 aromatic carbocycles. The maximum atomic E-state index is 12.6. The van der Waals surface area contributed by atoms with Crippen molar-refractivity contribution in [3.63, 3.8) is 0 Å². The average molecular weight is 367 g/mol. The smallest absolute Gasteiger partial charge is 0.324 e. The Morgan fingerprint density at radius 1 is 1.30 bits per heavy atom. The maximum Gasteiger partial charge on any atom is 0.324 e.